The number of aliphatic imine (C=N–C) groups is 2. The van der Waals surface area contributed by atoms with Gasteiger partial charge in [0.05, 0.1) is 38.9 Å². The highest BCUT2D eigenvalue weighted by Crippen LogP contribution is 2.48. The molecule has 60 heavy (non-hydrogen) atoms. The number of benzene rings is 8. The number of amidine groups is 2. The summed E-state index contributed by atoms with van der Waals surface area (Å²) in [6.45, 7) is 0. The Morgan fingerprint density at radius 2 is 1.13 bits per heavy atom. The predicted octanol–water partition coefficient (Wildman–Crippen LogP) is 14.3. The van der Waals surface area contributed by atoms with Crippen LogP contribution in [0.4, 0.5) is 0 Å². The second kappa shape index (κ2) is 14.0. The zero-order valence-corrected chi connectivity index (χ0v) is 33.1. The normalized spacial score (nSPS) is 14.2. The van der Waals surface area contributed by atoms with E-state index in [2.05, 4.69) is 144 Å². The zero-order chi connectivity index (χ0) is 39.6. The lowest BCUT2D eigenvalue weighted by atomic mass is 10.0. The third-order valence-electron chi connectivity index (χ3n) is 11.6. The molecule has 11 aromatic rings. The lowest BCUT2D eigenvalue weighted by Crippen LogP contribution is -2.15. The molecule has 1 aliphatic rings. The highest BCUT2D eigenvalue weighted by Gasteiger charge is 2.23. The molecule has 0 aliphatic carbocycles. The average molecular weight is 785 g/mol. The van der Waals surface area contributed by atoms with Crippen molar-refractivity contribution in [3.63, 3.8) is 0 Å². The minimum atomic E-state index is -0.402. The highest BCUT2D eigenvalue weighted by molar-refractivity contribution is 7.27. The van der Waals surface area contributed by atoms with Crippen LogP contribution in [-0.4, -0.2) is 21.2 Å². The molecule has 8 aromatic carbocycles. The number of hydrogen-bond donors (Lipinski definition) is 0. The number of thiophene rings is 1. The van der Waals surface area contributed by atoms with Gasteiger partial charge in [-0.1, -0.05) is 176 Å². The smallest absolute Gasteiger partial charge is 0.0822 e. The average Bonchev–Trinajstić information content (AvgIpc) is 3.87. The second-order valence-electron chi connectivity index (χ2n) is 15.2. The van der Waals surface area contributed by atoms with Gasteiger partial charge in [-0.2, -0.15) is 0 Å². The van der Waals surface area contributed by atoms with E-state index in [1.165, 1.54) is 47.4 Å². The monoisotopic (exact) mass is 784 g/mol. The third-order valence-corrected chi connectivity index (χ3v) is 12.8. The molecule has 6 heteroatoms. The van der Waals surface area contributed by atoms with Crippen molar-refractivity contribution in [3.05, 3.63) is 222 Å². The van der Waals surface area contributed by atoms with Gasteiger partial charge in [0, 0.05) is 32.1 Å². The van der Waals surface area contributed by atoms with Crippen molar-refractivity contribution >= 4 is 75.9 Å². The van der Waals surface area contributed by atoms with Crippen LogP contribution in [0.25, 0.3) is 86.3 Å². The summed E-state index contributed by atoms with van der Waals surface area (Å²) in [6.07, 6.45) is -0.402. The Hall–Kier alpha value is -7.67. The lowest BCUT2D eigenvalue weighted by molar-refractivity contribution is 0.878. The maximum absolute atomic E-state index is 5.41. The van der Waals surface area contributed by atoms with E-state index in [1.807, 2.05) is 72.0 Å². The predicted molar refractivity (Wildman–Crippen MR) is 252 cm³/mol. The highest BCUT2D eigenvalue weighted by atomic mass is 32.1. The molecule has 0 bridgehead atoms. The first-order chi connectivity index (χ1) is 29.7. The van der Waals surface area contributed by atoms with Crippen LogP contribution >= 0.6 is 11.3 Å². The maximum Gasteiger partial charge on any atom is 0.0822 e. The van der Waals surface area contributed by atoms with E-state index in [4.69, 9.17) is 20.3 Å². The fraction of sp³-hybridized carbons (Fsp3) is 0.0185. The van der Waals surface area contributed by atoms with Crippen LogP contribution < -0.4 is 0 Å². The van der Waals surface area contributed by atoms with Crippen LogP contribution in [0.5, 0.6) is 0 Å². The van der Waals surface area contributed by atoms with Gasteiger partial charge >= 0.3 is 0 Å². The fourth-order valence-electron chi connectivity index (χ4n) is 8.63. The number of aromatic nitrogens is 2. The standard InChI is InChI=1S/C54H34N5S/c1-3-14-37(15-4-1)52-56-53(38-16-5-2-6-17-38)58-54(57-52)39-26-23-35(24-27-39)36-29-31-42(32-30-36)59-46-22-12-10-20-44(46)51-49(59)47-48(41-28-25-34-13-7-8-18-40(34)33-41)55-45-21-11-9-19-43(45)50(47)60-51/h1-33,54H/q-1. The van der Waals surface area contributed by atoms with E-state index in [9.17, 15) is 0 Å². The molecule has 1 unspecified atom stereocenters. The third kappa shape index (κ3) is 5.72. The van der Waals surface area contributed by atoms with E-state index in [-0.39, 0.29) is 0 Å². The Balaban J connectivity index is 0.952. The number of nitrogens with zero attached hydrogens (tertiary/aromatic N) is 5. The summed E-state index contributed by atoms with van der Waals surface area (Å²) < 4.78 is 4.97. The van der Waals surface area contributed by atoms with Gasteiger partial charge in [0.1, 0.15) is 0 Å². The van der Waals surface area contributed by atoms with Crippen molar-refractivity contribution < 1.29 is 0 Å². The number of para-hydroxylation sites is 2. The van der Waals surface area contributed by atoms with E-state index < -0.39 is 6.17 Å². The summed E-state index contributed by atoms with van der Waals surface area (Å²) in [5, 5.41) is 11.1. The van der Waals surface area contributed by atoms with Crippen molar-refractivity contribution in [3.8, 4) is 28.1 Å². The van der Waals surface area contributed by atoms with E-state index in [0.717, 1.165) is 50.3 Å². The summed E-state index contributed by atoms with van der Waals surface area (Å²) in [6, 6.07) is 70.5. The van der Waals surface area contributed by atoms with Crippen LogP contribution in [0.1, 0.15) is 22.9 Å². The van der Waals surface area contributed by atoms with Crippen molar-refractivity contribution in [1.29, 1.82) is 0 Å². The van der Waals surface area contributed by atoms with Crippen molar-refractivity contribution in [2.45, 2.75) is 6.17 Å². The molecular formula is C54H34N5S-. The number of hydrogen-bond acceptors (Lipinski definition) is 4. The summed E-state index contributed by atoms with van der Waals surface area (Å²) >= 11 is 1.87. The van der Waals surface area contributed by atoms with E-state index in [0.29, 0.717) is 11.7 Å². The Kier molecular flexibility index (Phi) is 8.03. The summed E-state index contributed by atoms with van der Waals surface area (Å²) in [4.78, 5) is 15.3. The van der Waals surface area contributed by atoms with Gasteiger partial charge in [0.15, 0.2) is 0 Å². The van der Waals surface area contributed by atoms with Gasteiger partial charge in [-0.25, -0.2) is 4.98 Å². The molecule has 3 aromatic heterocycles. The molecule has 1 aliphatic heterocycles. The first-order valence-electron chi connectivity index (χ1n) is 20.2. The van der Waals surface area contributed by atoms with Gasteiger partial charge in [-0.15, -0.1) is 11.3 Å². The van der Waals surface area contributed by atoms with Crippen LogP contribution in [-0.2, 0) is 0 Å². The molecule has 0 saturated heterocycles. The molecule has 0 amide bonds. The van der Waals surface area contributed by atoms with Gasteiger partial charge in [-0.05, 0) is 68.9 Å². The number of pyridine rings is 1. The quantitative estimate of drug-likeness (QED) is 0.166. The topological polar surface area (TPSA) is 56.6 Å². The summed E-state index contributed by atoms with van der Waals surface area (Å²) in [5.41, 5.74) is 11.8. The van der Waals surface area contributed by atoms with E-state index >= 15 is 0 Å². The Morgan fingerprint density at radius 1 is 0.500 bits per heavy atom. The minimum absolute atomic E-state index is 0.402. The van der Waals surface area contributed by atoms with Gasteiger partial charge in [-0.3, -0.25) is 4.99 Å². The maximum atomic E-state index is 5.41. The molecule has 5 nitrogen and oxygen atoms in total. The molecule has 0 spiro atoms. The van der Waals surface area contributed by atoms with Gasteiger partial charge in [0.25, 0.3) is 0 Å². The first-order valence-corrected chi connectivity index (χ1v) is 21.0. The molecule has 1 atom stereocenters. The van der Waals surface area contributed by atoms with Crippen molar-refractivity contribution in [1.82, 2.24) is 9.55 Å². The molecule has 282 valence electrons. The number of fused-ring (bicyclic) bond motifs is 8. The molecule has 0 radical (unpaired) electrons. The fourth-order valence-corrected chi connectivity index (χ4v) is 9.99. The largest absolute Gasteiger partial charge is 0.438 e. The molecule has 4 heterocycles. The molecule has 0 saturated carbocycles. The van der Waals surface area contributed by atoms with Crippen molar-refractivity contribution in [2.75, 3.05) is 0 Å². The van der Waals surface area contributed by atoms with Crippen molar-refractivity contribution in [2.24, 2.45) is 9.98 Å². The summed E-state index contributed by atoms with van der Waals surface area (Å²) in [5.74, 6) is 1.38. The Bertz CT molecular complexity index is 3490. The number of rotatable bonds is 6. The minimum Gasteiger partial charge on any atom is -0.438 e. The molecule has 0 N–H and O–H groups in total. The summed E-state index contributed by atoms with van der Waals surface area (Å²) in [7, 11) is 0. The first kappa shape index (κ1) is 34.4. The SMILES string of the molecule is c1ccc(C2=NC(c3ccc(-c4ccc(-n5c6ccccc6c6sc7c8ccccc8nc(-c8ccc9ccccc9c8)c7c65)cc4)cc3)[N-]C(c3ccccc3)=N2)cc1. The second-order valence-corrected chi connectivity index (χ2v) is 16.2. The van der Waals surface area contributed by atoms with E-state index in [1.54, 1.807) is 0 Å². The Labute approximate surface area is 350 Å². The van der Waals surface area contributed by atoms with Crippen LogP contribution in [0.15, 0.2) is 210 Å². The van der Waals surface area contributed by atoms with Crippen LogP contribution in [0, 0.1) is 0 Å². The molecular weight excluding hydrogens is 751 g/mol. The molecule has 12 rings (SSSR count). The zero-order valence-electron chi connectivity index (χ0n) is 32.3. The van der Waals surface area contributed by atoms with Gasteiger partial charge < -0.3 is 14.9 Å². The van der Waals surface area contributed by atoms with Crippen LogP contribution in [0.2, 0.25) is 0 Å². The Morgan fingerprint density at radius 3 is 1.92 bits per heavy atom. The van der Waals surface area contributed by atoms with Gasteiger partial charge in [0.2, 0.25) is 0 Å². The lowest BCUT2D eigenvalue weighted by Gasteiger charge is -2.32. The van der Waals surface area contributed by atoms with Crippen LogP contribution in [0.3, 0.4) is 0 Å². The molecule has 0 fully saturated rings.